The first-order valence-electron chi connectivity index (χ1n) is 6.86. The van der Waals surface area contributed by atoms with E-state index in [2.05, 4.69) is 4.74 Å². The molecule has 0 amide bonds. The zero-order valence-electron chi connectivity index (χ0n) is 11.7. The third-order valence-corrected chi connectivity index (χ3v) is 5.03. The van der Waals surface area contributed by atoms with E-state index >= 15 is 0 Å². The summed E-state index contributed by atoms with van der Waals surface area (Å²) in [5.41, 5.74) is -4.80. The fraction of sp³-hybridized carbons (Fsp3) is 0.923. The molecule has 0 aromatic carbocycles. The highest BCUT2D eigenvalue weighted by Crippen LogP contribution is 2.58. The fourth-order valence-electron chi connectivity index (χ4n) is 3.94. The van der Waals surface area contributed by atoms with Gasteiger partial charge in [0, 0.05) is 0 Å². The van der Waals surface area contributed by atoms with Crippen LogP contribution in [0, 0.1) is 23.7 Å². The average Bonchev–Trinajstić information content (AvgIpc) is 2.95. The van der Waals surface area contributed by atoms with Crippen molar-refractivity contribution in [2.75, 3.05) is 7.11 Å². The highest BCUT2D eigenvalue weighted by molar-refractivity contribution is 5.73. The molecule has 0 aromatic rings. The van der Waals surface area contributed by atoms with Crippen LogP contribution < -0.4 is 0 Å². The number of halogens is 6. The maximum Gasteiger partial charge on any atom is 0.426 e. The summed E-state index contributed by atoms with van der Waals surface area (Å²) in [5, 5.41) is 9.34. The van der Waals surface area contributed by atoms with Gasteiger partial charge < -0.3 is 9.84 Å². The maximum absolute atomic E-state index is 12.8. The van der Waals surface area contributed by atoms with E-state index in [1.807, 2.05) is 0 Å². The fourth-order valence-corrected chi connectivity index (χ4v) is 3.94. The van der Waals surface area contributed by atoms with Crippen molar-refractivity contribution in [1.82, 2.24) is 0 Å². The predicted octanol–water partition coefficient (Wildman–Crippen LogP) is 3.07. The van der Waals surface area contributed by atoms with Gasteiger partial charge >= 0.3 is 18.3 Å². The normalized spacial score (nSPS) is 32.4. The molecule has 0 aliphatic heterocycles. The van der Waals surface area contributed by atoms with Gasteiger partial charge in [-0.05, 0) is 43.4 Å². The lowest BCUT2D eigenvalue weighted by Gasteiger charge is -2.38. The van der Waals surface area contributed by atoms with E-state index in [4.69, 9.17) is 0 Å². The number of carbonyl (C=O) groups excluding carboxylic acids is 1. The van der Waals surface area contributed by atoms with Crippen LogP contribution in [0.15, 0.2) is 0 Å². The maximum atomic E-state index is 12.8. The lowest BCUT2D eigenvalue weighted by molar-refractivity contribution is -0.374. The molecule has 22 heavy (non-hydrogen) atoms. The summed E-state index contributed by atoms with van der Waals surface area (Å²) in [7, 11) is 1.05. The van der Waals surface area contributed by atoms with Crippen LogP contribution in [0.3, 0.4) is 0 Å². The third-order valence-electron chi connectivity index (χ3n) is 5.03. The van der Waals surface area contributed by atoms with E-state index in [1.165, 1.54) is 0 Å². The summed E-state index contributed by atoms with van der Waals surface area (Å²) in [4.78, 5) is 11.7. The Labute approximate surface area is 122 Å². The lowest BCUT2D eigenvalue weighted by Crippen LogP contribution is -2.58. The van der Waals surface area contributed by atoms with Crippen molar-refractivity contribution >= 4 is 5.97 Å². The van der Waals surface area contributed by atoms with Gasteiger partial charge in [0.25, 0.3) is 5.60 Å². The number of rotatable bonds is 3. The Bertz CT molecular complexity index is 430. The van der Waals surface area contributed by atoms with E-state index in [0.29, 0.717) is 19.3 Å². The molecule has 2 aliphatic carbocycles. The minimum Gasteiger partial charge on any atom is -0.469 e. The van der Waals surface area contributed by atoms with Gasteiger partial charge in [-0.25, -0.2) is 0 Å². The molecule has 2 aliphatic rings. The first kappa shape index (κ1) is 17.4. The third kappa shape index (κ3) is 2.57. The number of hydrogen-bond donors (Lipinski definition) is 1. The number of hydrogen-bond acceptors (Lipinski definition) is 3. The molecule has 0 saturated heterocycles. The second-order valence-corrected chi connectivity index (χ2v) is 6.11. The molecule has 4 atom stereocenters. The summed E-state index contributed by atoms with van der Waals surface area (Å²) in [6, 6.07) is 0. The molecule has 2 fully saturated rings. The molecule has 1 N–H and O–H groups in total. The lowest BCUT2D eigenvalue weighted by atomic mass is 9.73. The van der Waals surface area contributed by atoms with Gasteiger partial charge in [0.15, 0.2) is 0 Å². The standard InChI is InChI=1S/C13H16F6O3/c1-22-10(20)9-7-3-2-6(4-7)8(9)5-11(21,12(14,15)16)13(17,18)19/h6-9,21H,2-5H2,1H3. The van der Waals surface area contributed by atoms with Gasteiger partial charge in [0.1, 0.15) is 0 Å². The minimum absolute atomic E-state index is 0.270. The van der Waals surface area contributed by atoms with Crippen LogP contribution in [0.2, 0.25) is 0 Å². The zero-order valence-corrected chi connectivity index (χ0v) is 11.7. The van der Waals surface area contributed by atoms with Crippen molar-refractivity contribution in [3.63, 3.8) is 0 Å². The van der Waals surface area contributed by atoms with E-state index in [0.717, 1.165) is 7.11 Å². The van der Waals surface area contributed by atoms with E-state index < -0.39 is 48.1 Å². The molecule has 0 spiro atoms. The zero-order chi connectivity index (χ0) is 16.9. The van der Waals surface area contributed by atoms with Crippen molar-refractivity contribution in [1.29, 1.82) is 0 Å². The summed E-state index contributed by atoms with van der Waals surface area (Å²) < 4.78 is 81.4. The molecular formula is C13H16F6O3. The Morgan fingerprint density at radius 2 is 1.59 bits per heavy atom. The van der Waals surface area contributed by atoms with Crippen molar-refractivity contribution in [3.8, 4) is 0 Å². The molecule has 0 heterocycles. The molecule has 9 heteroatoms. The minimum atomic E-state index is -5.85. The SMILES string of the molecule is COC(=O)C1C2CCC(C2)C1CC(O)(C(F)(F)F)C(F)(F)F. The Balaban J connectivity index is 2.31. The van der Waals surface area contributed by atoms with Gasteiger partial charge in [-0.2, -0.15) is 26.3 Å². The van der Waals surface area contributed by atoms with Crippen molar-refractivity contribution in [3.05, 3.63) is 0 Å². The van der Waals surface area contributed by atoms with Gasteiger partial charge in [0.05, 0.1) is 13.0 Å². The largest absolute Gasteiger partial charge is 0.469 e. The van der Waals surface area contributed by atoms with Gasteiger partial charge in [-0.1, -0.05) is 0 Å². The van der Waals surface area contributed by atoms with Crippen LogP contribution in [-0.2, 0) is 9.53 Å². The Morgan fingerprint density at radius 3 is 2.05 bits per heavy atom. The Hall–Kier alpha value is -0.990. The molecule has 0 radical (unpaired) electrons. The van der Waals surface area contributed by atoms with E-state index in [9.17, 15) is 36.2 Å². The number of ether oxygens (including phenoxy) is 1. The first-order chi connectivity index (χ1) is 9.92. The van der Waals surface area contributed by atoms with Crippen LogP contribution in [0.25, 0.3) is 0 Å². The van der Waals surface area contributed by atoms with E-state index in [1.54, 1.807) is 0 Å². The van der Waals surface area contributed by atoms with Crippen LogP contribution in [0.5, 0.6) is 0 Å². The summed E-state index contributed by atoms with van der Waals surface area (Å²) in [6.45, 7) is 0. The highest BCUT2D eigenvalue weighted by atomic mass is 19.4. The Morgan fingerprint density at radius 1 is 1.09 bits per heavy atom. The number of carbonyl (C=O) groups is 1. The van der Waals surface area contributed by atoms with Crippen LogP contribution in [0.4, 0.5) is 26.3 Å². The number of fused-ring (bicyclic) bond motifs is 2. The monoisotopic (exact) mass is 334 g/mol. The predicted molar refractivity (Wildman–Crippen MR) is 61.5 cm³/mol. The smallest absolute Gasteiger partial charge is 0.426 e. The highest BCUT2D eigenvalue weighted by Gasteiger charge is 2.72. The Kier molecular flexibility index (Phi) is 4.17. The van der Waals surface area contributed by atoms with Crippen LogP contribution in [0.1, 0.15) is 25.7 Å². The molecule has 0 aromatic heterocycles. The number of esters is 1. The second kappa shape index (κ2) is 5.28. The summed E-state index contributed by atoms with van der Waals surface area (Å²) in [6.07, 6.45) is -11.8. The molecule has 128 valence electrons. The van der Waals surface area contributed by atoms with Crippen molar-refractivity contribution in [2.24, 2.45) is 23.7 Å². The van der Waals surface area contributed by atoms with E-state index in [-0.39, 0.29) is 5.92 Å². The number of aliphatic hydroxyl groups is 1. The molecule has 4 unspecified atom stereocenters. The number of alkyl halides is 6. The quantitative estimate of drug-likeness (QED) is 0.637. The summed E-state index contributed by atoms with van der Waals surface area (Å²) >= 11 is 0. The van der Waals surface area contributed by atoms with Gasteiger partial charge in [0.2, 0.25) is 0 Å². The topological polar surface area (TPSA) is 46.5 Å². The van der Waals surface area contributed by atoms with Crippen LogP contribution in [-0.4, -0.2) is 36.1 Å². The van der Waals surface area contributed by atoms with Crippen molar-refractivity contribution in [2.45, 2.75) is 43.6 Å². The molecule has 2 bridgehead atoms. The number of methoxy groups -OCH3 is 1. The summed E-state index contributed by atoms with van der Waals surface area (Å²) in [5.74, 6) is -3.69. The molecule has 2 rings (SSSR count). The van der Waals surface area contributed by atoms with Gasteiger partial charge in [-0.3, -0.25) is 4.79 Å². The first-order valence-corrected chi connectivity index (χ1v) is 6.86. The molecule has 2 saturated carbocycles. The van der Waals surface area contributed by atoms with Crippen LogP contribution >= 0.6 is 0 Å². The van der Waals surface area contributed by atoms with Crippen molar-refractivity contribution < 1.29 is 41.0 Å². The molecular weight excluding hydrogens is 318 g/mol. The van der Waals surface area contributed by atoms with Gasteiger partial charge in [-0.15, -0.1) is 0 Å². The molecule has 3 nitrogen and oxygen atoms in total. The second-order valence-electron chi connectivity index (χ2n) is 6.11. The average molecular weight is 334 g/mol.